The van der Waals surface area contributed by atoms with E-state index in [2.05, 4.69) is 37.9 Å². The lowest BCUT2D eigenvalue weighted by Gasteiger charge is -2.34. The molecule has 2 N–H and O–H groups in total. The van der Waals surface area contributed by atoms with E-state index in [1.807, 2.05) is 0 Å². The maximum atomic E-state index is 8.96. The van der Waals surface area contributed by atoms with Gasteiger partial charge in [0.2, 0.25) is 0 Å². The van der Waals surface area contributed by atoms with Gasteiger partial charge in [0.1, 0.15) is 0 Å². The van der Waals surface area contributed by atoms with Gasteiger partial charge in [0.15, 0.2) is 0 Å². The van der Waals surface area contributed by atoms with E-state index in [1.165, 1.54) is 6.42 Å². The maximum absolute atomic E-state index is 8.96. The quantitative estimate of drug-likeness (QED) is 0.610. The Morgan fingerprint density at radius 3 is 2.33 bits per heavy atom. The molecule has 0 heterocycles. The predicted octanol–water partition coefficient (Wildman–Crippen LogP) is 1.33. The van der Waals surface area contributed by atoms with E-state index in [1.54, 1.807) is 0 Å². The molecule has 15 heavy (non-hydrogen) atoms. The molecule has 0 bridgehead atoms. The van der Waals surface area contributed by atoms with E-state index in [0.29, 0.717) is 5.41 Å². The van der Waals surface area contributed by atoms with Crippen LogP contribution in [0.5, 0.6) is 0 Å². The summed E-state index contributed by atoms with van der Waals surface area (Å²) in [6.07, 6.45) is 1.17. The highest BCUT2D eigenvalue weighted by atomic mass is 16.3. The van der Waals surface area contributed by atoms with Crippen LogP contribution in [0, 0.1) is 5.41 Å². The van der Waals surface area contributed by atoms with Crippen molar-refractivity contribution in [2.45, 2.75) is 34.1 Å². The van der Waals surface area contributed by atoms with Crippen molar-refractivity contribution in [1.82, 2.24) is 10.2 Å². The van der Waals surface area contributed by atoms with Gasteiger partial charge in [-0.25, -0.2) is 0 Å². The molecule has 92 valence electrons. The number of aliphatic hydroxyl groups excluding tert-OH is 1. The van der Waals surface area contributed by atoms with E-state index in [4.69, 9.17) is 5.11 Å². The molecule has 0 aromatic heterocycles. The van der Waals surface area contributed by atoms with E-state index in [0.717, 1.165) is 32.7 Å². The Balaban J connectivity index is 4.12. The fraction of sp³-hybridized carbons (Fsp3) is 1.00. The second-order valence-corrected chi connectivity index (χ2v) is 4.54. The minimum absolute atomic E-state index is 0.259. The van der Waals surface area contributed by atoms with Crippen LogP contribution in [0.1, 0.15) is 34.1 Å². The van der Waals surface area contributed by atoms with E-state index >= 15 is 0 Å². The van der Waals surface area contributed by atoms with Gasteiger partial charge in [-0.15, -0.1) is 0 Å². The molecule has 0 fully saturated rings. The number of nitrogens with one attached hydrogen (secondary N) is 1. The van der Waals surface area contributed by atoms with Crippen molar-refractivity contribution in [2.75, 3.05) is 39.3 Å². The Hall–Kier alpha value is -0.120. The van der Waals surface area contributed by atoms with Crippen molar-refractivity contribution in [3.8, 4) is 0 Å². The summed E-state index contributed by atoms with van der Waals surface area (Å²) in [5.74, 6) is 0. The number of rotatable bonds is 9. The molecule has 0 radical (unpaired) electrons. The fourth-order valence-electron chi connectivity index (χ4n) is 1.75. The highest BCUT2D eigenvalue weighted by Gasteiger charge is 2.23. The van der Waals surface area contributed by atoms with Crippen molar-refractivity contribution < 1.29 is 5.11 Å². The summed E-state index contributed by atoms with van der Waals surface area (Å²) >= 11 is 0. The van der Waals surface area contributed by atoms with Gasteiger partial charge in [-0.3, -0.25) is 0 Å². The molecule has 0 aliphatic rings. The highest BCUT2D eigenvalue weighted by molar-refractivity contribution is 4.79. The number of nitrogens with zero attached hydrogens (tertiary/aromatic N) is 1. The van der Waals surface area contributed by atoms with E-state index < -0.39 is 0 Å². The van der Waals surface area contributed by atoms with Gasteiger partial charge >= 0.3 is 0 Å². The van der Waals surface area contributed by atoms with Gasteiger partial charge in [-0.1, -0.05) is 27.7 Å². The minimum Gasteiger partial charge on any atom is -0.395 e. The normalized spacial score (nSPS) is 15.6. The van der Waals surface area contributed by atoms with E-state index in [-0.39, 0.29) is 6.61 Å². The Morgan fingerprint density at radius 1 is 1.27 bits per heavy atom. The summed E-state index contributed by atoms with van der Waals surface area (Å²) in [4.78, 5) is 2.32. The van der Waals surface area contributed by atoms with Crippen LogP contribution < -0.4 is 5.32 Å². The zero-order chi connectivity index (χ0) is 11.7. The molecule has 0 amide bonds. The molecule has 0 aromatic rings. The Bertz CT molecular complexity index is 153. The molecule has 1 unspecified atom stereocenters. The summed E-state index contributed by atoms with van der Waals surface area (Å²) in [6.45, 7) is 14.1. The number of aliphatic hydroxyl groups is 1. The Morgan fingerprint density at radius 2 is 1.93 bits per heavy atom. The second kappa shape index (κ2) is 8.08. The van der Waals surface area contributed by atoms with Crippen molar-refractivity contribution >= 4 is 0 Å². The zero-order valence-electron chi connectivity index (χ0n) is 10.8. The first-order valence-corrected chi connectivity index (χ1v) is 6.15. The third-order valence-electron chi connectivity index (χ3n) is 3.12. The molecule has 0 aromatic carbocycles. The first-order valence-electron chi connectivity index (χ1n) is 6.15. The number of hydrogen-bond acceptors (Lipinski definition) is 3. The summed E-state index contributed by atoms with van der Waals surface area (Å²) in [6, 6.07) is 0. The molecule has 0 aliphatic carbocycles. The van der Waals surface area contributed by atoms with Gasteiger partial charge < -0.3 is 15.3 Å². The van der Waals surface area contributed by atoms with Gasteiger partial charge in [-0.05, 0) is 24.9 Å². The lowest BCUT2D eigenvalue weighted by Crippen LogP contribution is -2.43. The predicted molar refractivity (Wildman–Crippen MR) is 66.1 cm³/mol. The topological polar surface area (TPSA) is 35.5 Å². The lowest BCUT2D eigenvalue weighted by atomic mass is 9.86. The number of likely N-dealkylation sites (N-methyl/N-ethyl adjacent to an activating group) is 1. The summed E-state index contributed by atoms with van der Waals surface area (Å²) in [7, 11) is 0. The lowest BCUT2D eigenvalue weighted by molar-refractivity contribution is 0.134. The van der Waals surface area contributed by atoms with E-state index in [9.17, 15) is 0 Å². The first kappa shape index (κ1) is 14.9. The largest absolute Gasteiger partial charge is 0.395 e. The molecule has 0 saturated carbocycles. The molecular formula is C12H28N2O. The van der Waals surface area contributed by atoms with Gasteiger partial charge in [0.05, 0.1) is 6.61 Å². The molecule has 3 nitrogen and oxygen atoms in total. The van der Waals surface area contributed by atoms with Crippen LogP contribution in [0.2, 0.25) is 0 Å². The van der Waals surface area contributed by atoms with Crippen LogP contribution in [0.3, 0.4) is 0 Å². The average molecular weight is 216 g/mol. The minimum atomic E-state index is 0.259. The molecule has 0 aliphatic heterocycles. The van der Waals surface area contributed by atoms with Crippen LogP contribution in [0.25, 0.3) is 0 Å². The van der Waals surface area contributed by atoms with Crippen LogP contribution in [0.15, 0.2) is 0 Å². The molecule has 0 saturated heterocycles. The van der Waals surface area contributed by atoms with Gasteiger partial charge in [0.25, 0.3) is 0 Å². The average Bonchev–Trinajstić information content (AvgIpc) is 2.26. The third kappa shape index (κ3) is 6.13. The van der Waals surface area contributed by atoms with Crippen molar-refractivity contribution in [3.63, 3.8) is 0 Å². The fourth-order valence-corrected chi connectivity index (χ4v) is 1.75. The smallest absolute Gasteiger partial charge is 0.0558 e. The summed E-state index contributed by atoms with van der Waals surface area (Å²) < 4.78 is 0. The monoisotopic (exact) mass is 216 g/mol. The molecule has 0 rings (SSSR count). The Labute approximate surface area is 94.9 Å². The molecule has 0 spiro atoms. The van der Waals surface area contributed by atoms with Crippen LogP contribution in [0.4, 0.5) is 0 Å². The van der Waals surface area contributed by atoms with Crippen molar-refractivity contribution in [2.24, 2.45) is 5.41 Å². The second-order valence-electron chi connectivity index (χ2n) is 4.54. The molecular weight excluding hydrogens is 188 g/mol. The van der Waals surface area contributed by atoms with Crippen LogP contribution in [-0.4, -0.2) is 49.3 Å². The summed E-state index contributed by atoms with van der Waals surface area (Å²) in [5, 5.41) is 12.4. The molecule has 1 atom stereocenters. The zero-order valence-corrected chi connectivity index (χ0v) is 10.8. The number of hydrogen-bond donors (Lipinski definition) is 2. The Kier molecular flexibility index (Phi) is 8.02. The SMILES string of the molecule is CCNCC(C)(CC)CN(CC)CCO. The van der Waals surface area contributed by atoms with Crippen LogP contribution >= 0.6 is 0 Å². The van der Waals surface area contributed by atoms with Gasteiger partial charge in [0, 0.05) is 19.6 Å². The third-order valence-corrected chi connectivity index (χ3v) is 3.12. The molecule has 3 heteroatoms. The van der Waals surface area contributed by atoms with Crippen molar-refractivity contribution in [3.05, 3.63) is 0 Å². The summed E-state index contributed by atoms with van der Waals surface area (Å²) in [5.41, 5.74) is 0.321. The standard InChI is InChI=1S/C12H28N2O/c1-5-12(4,10-13-6-2)11-14(7-3)8-9-15/h13,15H,5-11H2,1-4H3. The van der Waals surface area contributed by atoms with Gasteiger partial charge in [-0.2, -0.15) is 0 Å². The first-order chi connectivity index (χ1) is 7.11. The van der Waals surface area contributed by atoms with Crippen molar-refractivity contribution in [1.29, 1.82) is 0 Å². The highest BCUT2D eigenvalue weighted by Crippen LogP contribution is 2.21. The van der Waals surface area contributed by atoms with Crippen LogP contribution in [-0.2, 0) is 0 Å². The maximum Gasteiger partial charge on any atom is 0.0558 e.